The first-order valence-corrected chi connectivity index (χ1v) is 5.32. The Morgan fingerprint density at radius 2 is 2.33 bits per heavy atom. The minimum Gasteiger partial charge on any atom is -0.481 e. The second-order valence-electron chi connectivity index (χ2n) is 3.47. The van der Waals surface area contributed by atoms with E-state index in [0.29, 0.717) is 11.3 Å². The quantitative estimate of drug-likeness (QED) is 0.903. The Hall–Kier alpha value is -2.39. The molecule has 7 heteroatoms. The molecule has 1 N–H and O–H groups in total. The first-order chi connectivity index (χ1) is 8.61. The van der Waals surface area contributed by atoms with Gasteiger partial charge in [-0.1, -0.05) is 22.9 Å². The van der Waals surface area contributed by atoms with Crippen LogP contribution in [0.2, 0.25) is 5.15 Å². The number of aromatic nitrogens is 3. The third-order valence-electron chi connectivity index (χ3n) is 2.25. The molecular weight excluding hydrogens is 256 g/mol. The van der Waals surface area contributed by atoms with E-state index < -0.39 is 5.97 Å². The molecule has 0 aliphatic carbocycles. The van der Waals surface area contributed by atoms with Gasteiger partial charge in [-0.3, -0.25) is 4.79 Å². The van der Waals surface area contributed by atoms with Crippen molar-refractivity contribution in [2.45, 2.75) is 6.42 Å². The highest BCUT2D eigenvalue weighted by molar-refractivity contribution is 6.30. The van der Waals surface area contributed by atoms with Crippen LogP contribution < -0.4 is 0 Å². The fourth-order valence-electron chi connectivity index (χ4n) is 1.49. The molecule has 0 radical (unpaired) electrons. The van der Waals surface area contributed by atoms with Crippen LogP contribution in [0.15, 0.2) is 24.3 Å². The summed E-state index contributed by atoms with van der Waals surface area (Å²) in [6, 6.07) is 8.58. The van der Waals surface area contributed by atoms with Crippen LogP contribution in [0.5, 0.6) is 0 Å². The summed E-state index contributed by atoms with van der Waals surface area (Å²) in [5, 5.41) is 25.1. The van der Waals surface area contributed by atoms with Gasteiger partial charge >= 0.3 is 5.97 Å². The van der Waals surface area contributed by atoms with Crippen molar-refractivity contribution in [3.05, 3.63) is 40.7 Å². The Morgan fingerprint density at radius 1 is 1.56 bits per heavy atom. The van der Waals surface area contributed by atoms with E-state index in [0.717, 1.165) is 0 Å². The second kappa shape index (κ2) is 4.85. The van der Waals surface area contributed by atoms with Gasteiger partial charge < -0.3 is 5.11 Å². The number of carboxylic acids is 1. The third-order valence-corrected chi connectivity index (χ3v) is 2.55. The third kappa shape index (κ3) is 2.31. The molecule has 0 aliphatic heterocycles. The highest BCUT2D eigenvalue weighted by Gasteiger charge is 2.15. The highest BCUT2D eigenvalue weighted by atomic mass is 35.5. The molecule has 18 heavy (non-hydrogen) atoms. The second-order valence-corrected chi connectivity index (χ2v) is 3.83. The van der Waals surface area contributed by atoms with E-state index in [-0.39, 0.29) is 17.3 Å². The molecule has 0 saturated carbocycles. The molecule has 0 saturated heterocycles. The molecule has 90 valence electrons. The standard InChI is InChI=1S/C11H7ClN4O2/c12-11-9(5-10(17)18)16(15-14-11)8-3-1-2-7(4-8)6-13/h1-4H,5H2,(H,17,18). The maximum Gasteiger partial charge on any atom is 0.309 e. The van der Waals surface area contributed by atoms with Crippen molar-refractivity contribution in [2.75, 3.05) is 0 Å². The van der Waals surface area contributed by atoms with Gasteiger partial charge in [0.05, 0.1) is 29.4 Å². The van der Waals surface area contributed by atoms with Crippen LogP contribution in [0.1, 0.15) is 11.3 Å². The van der Waals surface area contributed by atoms with Gasteiger partial charge in [-0.05, 0) is 18.2 Å². The molecule has 0 amide bonds. The Kier molecular flexibility index (Phi) is 3.26. The first kappa shape index (κ1) is 12.1. The monoisotopic (exact) mass is 262 g/mol. The van der Waals surface area contributed by atoms with Crippen LogP contribution >= 0.6 is 11.6 Å². The Balaban J connectivity index is 2.50. The number of nitrogens with zero attached hydrogens (tertiary/aromatic N) is 4. The van der Waals surface area contributed by atoms with Crippen molar-refractivity contribution >= 4 is 17.6 Å². The zero-order valence-electron chi connectivity index (χ0n) is 9.04. The lowest BCUT2D eigenvalue weighted by Crippen LogP contribution is -2.08. The molecule has 0 aliphatic rings. The predicted molar refractivity (Wildman–Crippen MR) is 62.4 cm³/mol. The smallest absolute Gasteiger partial charge is 0.309 e. The highest BCUT2D eigenvalue weighted by Crippen LogP contribution is 2.18. The van der Waals surface area contributed by atoms with Gasteiger partial charge in [0.15, 0.2) is 5.15 Å². The van der Waals surface area contributed by atoms with Gasteiger partial charge in [0.2, 0.25) is 0 Å². The van der Waals surface area contributed by atoms with Crippen LogP contribution in [0.25, 0.3) is 5.69 Å². The van der Waals surface area contributed by atoms with Crippen LogP contribution in [0.4, 0.5) is 0 Å². The number of hydrogen-bond donors (Lipinski definition) is 1. The molecule has 0 fully saturated rings. The van der Waals surface area contributed by atoms with E-state index in [1.54, 1.807) is 24.3 Å². The zero-order valence-corrected chi connectivity index (χ0v) is 9.79. The Morgan fingerprint density at radius 3 is 3.00 bits per heavy atom. The molecule has 2 aromatic rings. The van der Waals surface area contributed by atoms with Gasteiger partial charge in [-0.25, -0.2) is 4.68 Å². The minimum absolute atomic E-state index is 0.0414. The summed E-state index contributed by atoms with van der Waals surface area (Å²) < 4.78 is 1.32. The summed E-state index contributed by atoms with van der Waals surface area (Å²) in [7, 11) is 0. The van der Waals surface area contributed by atoms with Crippen molar-refractivity contribution < 1.29 is 9.90 Å². The number of carbonyl (C=O) groups is 1. The average molecular weight is 263 g/mol. The number of rotatable bonds is 3. The van der Waals surface area contributed by atoms with Crippen LogP contribution in [-0.4, -0.2) is 26.1 Å². The van der Waals surface area contributed by atoms with Crippen molar-refractivity contribution in [2.24, 2.45) is 0 Å². The average Bonchev–Trinajstić information content (AvgIpc) is 2.71. The number of nitriles is 1. The van der Waals surface area contributed by atoms with E-state index in [2.05, 4.69) is 10.3 Å². The molecule has 1 aromatic heterocycles. The van der Waals surface area contributed by atoms with Crippen LogP contribution in [0, 0.1) is 11.3 Å². The fraction of sp³-hybridized carbons (Fsp3) is 0.0909. The molecular formula is C11H7ClN4O2. The van der Waals surface area contributed by atoms with Crippen LogP contribution in [0.3, 0.4) is 0 Å². The van der Waals surface area contributed by atoms with E-state index in [9.17, 15) is 4.79 Å². The molecule has 0 bridgehead atoms. The maximum atomic E-state index is 10.7. The van der Waals surface area contributed by atoms with Crippen molar-refractivity contribution in [3.8, 4) is 11.8 Å². The molecule has 0 atom stereocenters. The lowest BCUT2D eigenvalue weighted by atomic mass is 10.2. The van der Waals surface area contributed by atoms with E-state index >= 15 is 0 Å². The molecule has 0 spiro atoms. The summed E-state index contributed by atoms with van der Waals surface area (Å²) in [4.78, 5) is 10.7. The van der Waals surface area contributed by atoms with Gasteiger partial charge in [-0.15, -0.1) is 5.10 Å². The number of carboxylic acid groups (broad SMARTS) is 1. The summed E-state index contributed by atoms with van der Waals surface area (Å²) in [5.41, 5.74) is 1.27. The summed E-state index contributed by atoms with van der Waals surface area (Å²) in [6.07, 6.45) is -0.289. The number of aliphatic carboxylic acids is 1. The van der Waals surface area contributed by atoms with Crippen molar-refractivity contribution in [1.29, 1.82) is 5.26 Å². The molecule has 0 unspecified atom stereocenters. The normalized spacial score (nSPS) is 10.0. The SMILES string of the molecule is N#Cc1cccc(-n2nnc(Cl)c2CC(=O)O)c1. The maximum absolute atomic E-state index is 10.7. The fourth-order valence-corrected chi connectivity index (χ4v) is 1.67. The van der Waals surface area contributed by atoms with Crippen molar-refractivity contribution in [1.82, 2.24) is 15.0 Å². The van der Waals surface area contributed by atoms with Gasteiger partial charge in [0, 0.05) is 0 Å². The largest absolute Gasteiger partial charge is 0.481 e. The Bertz CT molecular complexity index is 645. The Labute approximate surface area is 107 Å². The first-order valence-electron chi connectivity index (χ1n) is 4.94. The molecule has 6 nitrogen and oxygen atoms in total. The number of halogens is 1. The lowest BCUT2D eigenvalue weighted by molar-refractivity contribution is -0.136. The summed E-state index contributed by atoms with van der Waals surface area (Å²) in [5.74, 6) is -1.03. The van der Waals surface area contributed by atoms with E-state index in [1.165, 1.54) is 4.68 Å². The topological polar surface area (TPSA) is 91.8 Å². The number of benzene rings is 1. The van der Waals surface area contributed by atoms with E-state index in [1.807, 2.05) is 6.07 Å². The minimum atomic E-state index is -1.03. The van der Waals surface area contributed by atoms with Gasteiger partial charge in [0.25, 0.3) is 0 Å². The summed E-state index contributed by atoms with van der Waals surface area (Å²) in [6.45, 7) is 0. The molecule has 2 rings (SSSR count). The number of hydrogen-bond acceptors (Lipinski definition) is 4. The van der Waals surface area contributed by atoms with E-state index in [4.69, 9.17) is 22.0 Å². The molecule has 1 aromatic carbocycles. The molecule has 1 heterocycles. The van der Waals surface area contributed by atoms with Crippen LogP contribution in [-0.2, 0) is 11.2 Å². The predicted octanol–water partition coefficient (Wildman–Crippen LogP) is 1.42. The van der Waals surface area contributed by atoms with Gasteiger partial charge in [0.1, 0.15) is 0 Å². The zero-order chi connectivity index (χ0) is 13.1. The van der Waals surface area contributed by atoms with Crippen molar-refractivity contribution in [3.63, 3.8) is 0 Å². The lowest BCUT2D eigenvalue weighted by Gasteiger charge is -2.04. The summed E-state index contributed by atoms with van der Waals surface area (Å²) >= 11 is 5.79. The van der Waals surface area contributed by atoms with Gasteiger partial charge in [-0.2, -0.15) is 5.26 Å².